The Balaban J connectivity index is 3.04. The number of halogens is 1. The second-order valence-electron chi connectivity index (χ2n) is 2.76. The van der Waals surface area contributed by atoms with Gasteiger partial charge in [-0.05, 0) is 6.07 Å². The Bertz CT molecular complexity index is 490. The lowest BCUT2D eigenvalue weighted by Crippen LogP contribution is -2.30. The summed E-state index contributed by atoms with van der Waals surface area (Å²) in [6.45, 7) is 0. The third kappa shape index (κ3) is 2.80. The number of carbonyl (C=O) groups excluding carboxylic acids is 2. The minimum Gasteiger partial charge on any atom is -0.349 e. The van der Waals surface area contributed by atoms with Crippen LogP contribution < -0.4 is 11.4 Å². The van der Waals surface area contributed by atoms with Crippen molar-refractivity contribution in [1.29, 1.82) is 0 Å². The van der Waals surface area contributed by atoms with E-state index in [0.717, 1.165) is 12.1 Å². The smallest absolute Gasteiger partial charge is 0.349 e. The van der Waals surface area contributed by atoms with Crippen molar-refractivity contribution in [3.05, 3.63) is 39.7 Å². The highest BCUT2D eigenvalue weighted by Crippen LogP contribution is 2.17. The van der Waals surface area contributed by atoms with Crippen molar-refractivity contribution in [2.24, 2.45) is 5.84 Å². The molecule has 0 spiro atoms. The van der Waals surface area contributed by atoms with Crippen LogP contribution in [0.4, 0.5) is 10.1 Å². The average Bonchev–Trinajstić information content (AvgIpc) is 2.28. The van der Waals surface area contributed by atoms with E-state index in [4.69, 9.17) is 0 Å². The van der Waals surface area contributed by atoms with Gasteiger partial charge in [-0.3, -0.25) is 14.9 Å². The highest BCUT2D eigenvalue weighted by Gasteiger charge is 2.23. The zero-order chi connectivity index (χ0) is 13.0. The number of benzene rings is 1. The molecule has 1 aromatic rings. The first-order valence-corrected chi connectivity index (χ1v) is 4.12. The molecule has 0 aromatic heterocycles. The fraction of sp³-hybridized carbons (Fsp3) is 0. The number of carbonyl (C=O) groups is 2. The summed E-state index contributed by atoms with van der Waals surface area (Å²) in [6.07, 6.45) is 0. The summed E-state index contributed by atoms with van der Waals surface area (Å²) in [5, 5.41) is 10.3. The van der Waals surface area contributed by atoms with Gasteiger partial charge in [-0.1, -0.05) is 5.59 Å². The number of non-ortho nitro benzene ring substituents is 1. The van der Waals surface area contributed by atoms with Gasteiger partial charge in [-0.2, -0.15) is 0 Å². The van der Waals surface area contributed by atoms with E-state index in [-0.39, 0.29) is 0 Å². The van der Waals surface area contributed by atoms with Crippen molar-refractivity contribution in [3.8, 4) is 0 Å². The number of Topliss-reactive ketones (excluding diaryl/α,β-unsaturated/α-hetero) is 1. The molecule has 3 N–H and O–H groups in total. The molecule has 0 atom stereocenters. The number of hydrogen-bond donors (Lipinski definition) is 2. The van der Waals surface area contributed by atoms with Crippen molar-refractivity contribution in [1.82, 2.24) is 5.59 Å². The molecule has 0 saturated carbocycles. The number of nitrogens with one attached hydrogen (secondary N) is 1. The lowest BCUT2D eigenvalue weighted by Gasteiger charge is -2.01. The van der Waals surface area contributed by atoms with Crippen molar-refractivity contribution < 1.29 is 23.7 Å². The first kappa shape index (κ1) is 12.7. The molecule has 8 nitrogen and oxygen atoms in total. The fourth-order valence-corrected chi connectivity index (χ4v) is 1.01. The minimum absolute atomic E-state index is 0.524. The first-order valence-electron chi connectivity index (χ1n) is 4.12. The van der Waals surface area contributed by atoms with Crippen LogP contribution in [-0.4, -0.2) is 16.7 Å². The van der Waals surface area contributed by atoms with E-state index in [1.165, 1.54) is 5.59 Å². The van der Waals surface area contributed by atoms with Crippen LogP contribution >= 0.6 is 0 Å². The molecule has 1 rings (SSSR count). The fourth-order valence-electron chi connectivity index (χ4n) is 1.01. The Morgan fingerprint density at radius 3 is 2.59 bits per heavy atom. The summed E-state index contributed by atoms with van der Waals surface area (Å²) in [5.74, 6) is 0.683. The van der Waals surface area contributed by atoms with E-state index in [2.05, 4.69) is 10.7 Å². The molecule has 0 unspecified atom stereocenters. The number of rotatable bonds is 4. The molecule has 0 saturated heterocycles. The van der Waals surface area contributed by atoms with Gasteiger partial charge in [0.25, 0.3) is 11.5 Å². The molecule has 90 valence electrons. The average molecular weight is 243 g/mol. The third-order valence-electron chi connectivity index (χ3n) is 1.75. The zero-order valence-corrected chi connectivity index (χ0v) is 8.18. The normalized spacial score (nSPS) is 9.76. The molecular formula is C8H6FN3O5. The molecule has 0 radical (unpaired) electrons. The Hall–Kier alpha value is -2.39. The van der Waals surface area contributed by atoms with Crippen molar-refractivity contribution in [2.45, 2.75) is 0 Å². The quantitative estimate of drug-likeness (QED) is 0.247. The minimum atomic E-state index is -1.43. The molecule has 0 heterocycles. The molecule has 0 bridgehead atoms. The maximum absolute atomic E-state index is 13.3. The van der Waals surface area contributed by atoms with Gasteiger partial charge in [0.15, 0.2) is 0 Å². The highest BCUT2D eigenvalue weighted by atomic mass is 19.1. The molecule has 0 amide bonds. The predicted molar refractivity (Wildman–Crippen MR) is 50.8 cm³/mol. The molecule has 17 heavy (non-hydrogen) atoms. The Labute approximate surface area is 93.2 Å². The van der Waals surface area contributed by atoms with E-state index >= 15 is 0 Å². The molecule has 0 aliphatic carbocycles. The highest BCUT2D eigenvalue weighted by molar-refractivity contribution is 6.40. The standard InChI is InChI=1S/C8H6FN3O5/c9-6-3-4(12(15)16)1-2-5(6)7(13)8(14)17-11-10/h1-3,11H,10H2. The first-order chi connectivity index (χ1) is 7.97. The number of nitrogens with zero attached hydrogens (tertiary/aromatic N) is 1. The SMILES string of the molecule is NNOC(=O)C(=O)c1ccc([N+](=O)[O-])cc1F. The van der Waals surface area contributed by atoms with E-state index in [1.54, 1.807) is 0 Å². The summed E-state index contributed by atoms with van der Waals surface area (Å²) in [7, 11) is 0. The number of nitrogens with two attached hydrogens (primary N) is 1. The lowest BCUT2D eigenvalue weighted by atomic mass is 10.1. The second kappa shape index (κ2) is 5.09. The maximum Gasteiger partial charge on any atom is 0.399 e. The molecule has 0 aliphatic heterocycles. The van der Waals surface area contributed by atoms with Gasteiger partial charge >= 0.3 is 5.97 Å². The monoisotopic (exact) mass is 243 g/mol. The van der Waals surface area contributed by atoms with E-state index < -0.39 is 33.7 Å². The van der Waals surface area contributed by atoms with Crippen molar-refractivity contribution in [3.63, 3.8) is 0 Å². The Morgan fingerprint density at radius 1 is 1.47 bits per heavy atom. The number of ketones is 1. The number of hydrazine groups is 1. The summed E-state index contributed by atoms with van der Waals surface area (Å²) >= 11 is 0. The Kier molecular flexibility index (Phi) is 3.80. The molecule has 0 fully saturated rings. The van der Waals surface area contributed by atoms with Crippen LogP contribution in [0, 0.1) is 15.9 Å². The lowest BCUT2D eigenvalue weighted by molar-refractivity contribution is -0.385. The van der Waals surface area contributed by atoms with Crippen LogP contribution in [0.25, 0.3) is 0 Å². The van der Waals surface area contributed by atoms with Crippen molar-refractivity contribution in [2.75, 3.05) is 0 Å². The third-order valence-corrected chi connectivity index (χ3v) is 1.75. The van der Waals surface area contributed by atoms with Crippen LogP contribution in [0.15, 0.2) is 18.2 Å². The van der Waals surface area contributed by atoms with Gasteiger partial charge in [0.1, 0.15) is 5.82 Å². The number of nitro groups is 1. The Morgan fingerprint density at radius 2 is 2.12 bits per heavy atom. The van der Waals surface area contributed by atoms with Crippen LogP contribution in [0.3, 0.4) is 0 Å². The number of nitro benzene ring substituents is 1. The summed E-state index contributed by atoms with van der Waals surface area (Å²) < 4.78 is 13.3. The largest absolute Gasteiger partial charge is 0.399 e. The summed E-state index contributed by atoms with van der Waals surface area (Å²) in [4.78, 5) is 35.6. The maximum atomic E-state index is 13.3. The van der Waals surface area contributed by atoms with Gasteiger partial charge in [0.05, 0.1) is 16.6 Å². The van der Waals surface area contributed by atoms with E-state index in [9.17, 15) is 24.1 Å². The van der Waals surface area contributed by atoms with Crippen LogP contribution in [0.1, 0.15) is 10.4 Å². The number of hydrogen-bond acceptors (Lipinski definition) is 7. The summed E-state index contributed by atoms with van der Waals surface area (Å²) in [6, 6.07) is 2.23. The zero-order valence-electron chi connectivity index (χ0n) is 8.18. The van der Waals surface area contributed by atoms with Gasteiger partial charge in [-0.15, -0.1) is 0 Å². The van der Waals surface area contributed by atoms with Gasteiger partial charge in [0, 0.05) is 6.07 Å². The molecular weight excluding hydrogens is 237 g/mol. The van der Waals surface area contributed by atoms with Gasteiger partial charge in [0.2, 0.25) is 0 Å². The molecule has 9 heteroatoms. The molecule has 0 aliphatic rings. The summed E-state index contributed by atoms with van der Waals surface area (Å²) in [5.41, 5.74) is 0.286. The van der Waals surface area contributed by atoms with E-state index in [0.29, 0.717) is 6.07 Å². The van der Waals surface area contributed by atoms with Crippen LogP contribution in [-0.2, 0) is 9.63 Å². The predicted octanol–water partition coefficient (Wildman–Crippen LogP) is -0.162. The second-order valence-corrected chi connectivity index (χ2v) is 2.76. The molecule has 1 aromatic carbocycles. The van der Waals surface area contributed by atoms with E-state index in [1.807, 2.05) is 0 Å². The van der Waals surface area contributed by atoms with Gasteiger partial charge in [-0.25, -0.2) is 15.0 Å². The van der Waals surface area contributed by atoms with Gasteiger partial charge < -0.3 is 4.84 Å². The van der Waals surface area contributed by atoms with Crippen LogP contribution in [0.5, 0.6) is 0 Å². The topological polar surface area (TPSA) is 125 Å². The van der Waals surface area contributed by atoms with Crippen LogP contribution in [0.2, 0.25) is 0 Å². The van der Waals surface area contributed by atoms with Crippen molar-refractivity contribution >= 4 is 17.4 Å².